The second kappa shape index (κ2) is 8.93. The van der Waals surface area contributed by atoms with Crippen molar-refractivity contribution in [3.63, 3.8) is 0 Å². The second-order valence-corrected chi connectivity index (χ2v) is 8.47. The van der Waals surface area contributed by atoms with Gasteiger partial charge in [-0.25, -0.2) is 13.4 Å². The van der Waals surface area contributed by atoms with Crippen LogP contribution in [0.3, 0.4) is 0 Å². The van der Waals surface area contributed by atoms with Crippen molar-refractivity contribution in [1.82, 2.24) is 4.98 Å². The van der Waals surface area contributed by atoms with E-state index in [0.717, 1.165) is 0 Å². The van der Waals surface area contributed by atoms with Crippen molar-refractivity contribution in [3.05, 3.63) is 59.8 Å². The summed E-state index contributed by atoms with van der Waals surface area (Å²) in [6, 6.07) is 13.5. The van der Waals surface area contributed by atoms with E-state index in [0.29, 0.717) is 0 Å². The number of hydrogen-bond donors (Lipinski definition) is 1. The maximum absolute atomic E-state index is 12.9. The van der Waals surface area contributed by atoms with Crippen LogP contribution in [0.5, 0.6) is 5.75 Å². The van der Waals surface area contributed by atoms with Crippen molar-refractivity contribution in [2.45, 2.75) is 29.6 Å². The fraction of sp³-hybridized carbons (Fsp3) is 0.182. The van der Waals surface area contributed by atoms with E-state index < -0.39 is 33.0 Å². The molecule has 0 amide bonds. The van der Waals surface area contributed by atoms with Gasteiger partial charge < -0.3 is 9.84 Å². The van der Waals surface area contributed by atoms with Crippen molar-refractivity contribution in [2.24, 2.45) is 0 Å². The van der Waals surface area contributed by atoms with E-state index in [2.05, 4.69) is 4.98 Å². The van der Waals surface area contributed by atoms with Crippen molar-refractivity contribution in [1.29, 1.82) is 5.26 Å². The van der Waals surface area contributed by atoms with Crippen LogP contribution in [-0.2, 0) is 19.4 Å². The van der Waals surface area contributed by atoms with Crippen LogP contribution in [0.25, 0.3) is 10.9 Å². The van der Waals surface area contributed by atoms with Crippen LogP contribution >= 0.6 is 0 Å². The highest BCUT2D eigenvalue weighted by atomic mass is 32.2. The lowest BCUT2D eigenvalue weighted by Gasteiger charge is -2.10. The summed E-state index contributed by atoms with van der Waals surface area (Å²) in [6.07, 6.45) is -0.492. The predicted octanol–water partition coefficient (Wildman–Crippen LogP) is 3.17. The largest absolute Gasteiger partial charge is 0.504 e. The number of pyridine rings is 1. The van der Waals surface area contributed by atoms with E-state index in [9.17, 15) is 28.4 Å². The Labute approximate surface area is 178 Å². The highest BCUT2D eigenvalue weighted by molar-refractivity contribution is 7.91. The molecular formula is C22H18N2O6S. The minimum absolute atomic E-state index is 0.0610. The Kier molecular flexibility index (Phi) is 6.32. The van der Waals surface area contributed by atoms with E-state index >= 15 is 0 Å². The monoisotopic (exact) mass is 438 g/mol. The highest BCUT2D eigenvalue weighted by Crippen LogP contribution is 2.32. The smallest absolute Gasteiger partial charge is 0.306 e. The molecule has 1 aromatic heterocycles. The summed E-state index contributed by atoms with van der Waals surface area (Å²) in [5.41, 5.74) is -0.540. The number of nitriles is 1. The molecule has 0 spiro atoms. The van der Waals surface area contributed by atoms with Crippen LogP contribution in [0, 0.1) is 11.3 Å². The minimum atomic E-state index is -3.85. The van der Waals surface area contributed by atoms with Crippen molar-refractivity contribution >= 4 is 32.5 Å². The molecule has 0 atom stereocenters. The number of nitrogens with zero attached hydrogens (tertiary/aromatic N) is 2. The SMILES string of the molecule is CCOC(=O)CCC(=O)c1nc2cc(S(=O)(=O)c3ccccc3)ccc2c(C#N)c1O. The topological polar surface area (TPSA) is 134 Å². The molecule has 9 heteroatoms. The molecule has 0 radical (unpaired) electrons. The summed E-state index contributed by atoms with van der Waals surface area (Å²) >= 11 is 0. The van der Waals surface area contributed by atoms with Crippen LogP contribution in [0.2, 0.25) is 0 Å². The van der Waals surface area contributed by atoms with Gasteiger partial charge in [0.05, 0.1) is 28.3 Å². The fourth-order valence-electron chi connectivity index (χ4n) is 3.01. The normalized spacial score (nSPS) is 11.1. The number of carbonyl (C=O) groups excluding carboxylic acids is 2. The molecule has 0 fully saturated rings. The zero-order valence-corrected chi connectivity index (χ0v) is 17.3. The van der Waals surface area contributed by atoms with Crippen LogP contribution in [0.4, 0.5) is 0 Å². The van der Waals surface area contributed by atoms with E-state index in [-0.39, 0.29) is 45.7 Å². The maximum atomic E-state index is 12.9. The first kappa shape index (κ1) is 21.9. The van der Waals surface area contributed by atoms with Gasteiger partial charge in [0.15, 0.2) is 11.5 Å². The molecule has 31 heavy (non-hydrogen) atoms. The third kappa shape index (κ3) is 4.39. The van der Waals surface area contributed by atoms with Crippen LogP contribution in [-0.4, -0.2) is 36.9 Å². The molecule has 0 saturated carbocycles. The third-order valence-corrected chi connectivity index (χ3v) is 6.30. The lowest BCUT2D eigenvalue weighted by Crippen LogP contribution is -2.10. The molecule has 1 N–H and O–H groups in total. The molecule has 8 nitrogen and oxygen atoms in total. The Morgan fingerprint density at radius 3 is 2.45 bits per heavy atom. The van der Waals surface area contributed by atoms with Gasteiger partial charge >= 0.3 is 5.97 Å². The number of esters is 1. The van der Waals surface area contributed by atoms with Crippen LogP contribution in [0.15, 0.2) is 58.3 Å². The zero-order valence-electron chi connectivity index (χ0n) is 16.5. The Morgan fingerprint density at radius 1 is 1.10 bits per heavy atom. The van der Waals surface area contributed by atoms with Gasteiger partial charge in [-0.05, 0) is 31.2 Å². The van der Waals surface area contributed by atoms with Gasteiger partial charge in [0.25, 0.3) is 0 Å². The molecule has 0 aliphatic rings. The lowest BCUT2D eigenvalue weighted by atomic mass is 10.0. The number of Topliss-reactive ketones (excluding diaryl/α,β-unsaturated/α-hetero) is 1. The fourth-order valence-corrected chi connectivity index (χ4v) is 4.31. The van der Waals surface area contributed by atoms with E-state index in [1.165, 1.54) is 30.3 Å². The Bertz CT molecular complexity index is 1310. The molecule has 0 aliphatic heterocycles. The highest BCUT2D eigenvalue weighted by Gasteiger charge is 2.23. The summed E-state index contributed by atoms with van der Waals surface area (Å²) < 4.78 is 30.6. The number of ketones is 1. The van der Waals surface area contributed by atoms with Crippen LogP contribution in [0.1, 0.15) is 35.8 Å². The summed E-state index contributed by atoms with van der Waals surface area (Å²) in [5.74, 6) is -1.85. The van der Waals surface area contributed by atoms with Gasteiger partial charge in [-0.3, -0.25) is 9.59 Å². The van der Waals surface area contributed by atoms with Crippen molar-refractivity contribution < 1.29 is 27.9 Å². The molecule has 3 aromatic rings. The number of sulfone groups is 1. The molecule has 0 aliphatic carbocycles. The van der Waals surface area contributed by atoms with Gasteiger partial charge in [-0.2, -0.15) is 5.26 Å². The van der Waals surface area contributed by atoms with Gasteiger partial charge in [0, 0.05) is 11.8 Å². The Balaban J connectivity index is 2.08. The van der Waals surface area contributed by atoms with Crippen LogP contribution < -0.4 is 0 Å². The summed E-state index contributed by atoms with van der Waals surface area (Å²) in [4.78, 5) is 28.2. The van der Waals surface area contributed by atoms with E-state index in [1.54, 1.807) is 25.1 Å². The first-order chi connectivity index (χ1) is 14.8. The second-order valence-electron chi connectivity index (χ2n) is 6.52. The maximum Gasteiger partial charge on any atom is 0.306 e. The first-order valence-electron chi connectivity index (χ1n) is 9.35. The summed E-state index contributed by atoms with van der Waals surface area (Å²) in [6.45, 7) is 1.81. The average Bonchev–Trinajstić information content (AvgIpc) is 2.77. The van der Waals surface area contributed by atoms with E-state index in [4.69, 9.17) is 4.74 Å². The van der Waals surface area contributed by atoms with Gasteiger partial charge in [0.1, 0.15) is 17.3 Å². The lowest BCUT2D eigenvalue weighted by molar-refractivity contribution is -0.143. The summed E-state index contributed by atoms with van der Waals surface area (Å²) in [7, 11) is -3.85. The first-order valence-corrected chi connectivity index (χ1v) is 10.8. The quantitative estimate of drug-likeness (QED) is 0.439. The molecule has 3 rings (SSSR count). The van der Waals surface area contributed by atoms with Crippen molar-refractivity contribution in [3.8, 4) is 11.8 Å². The standard InChI is InChI=1S/C22H18N2O6S/c1-2-30-20(26)11-10-19(25)21-22(27)17(13-23)16-9-8-15(12-18(16)24-21)31(28,29)14-6-4-3-5-7-14/h3-9,12,27H,2,10-11H2,1H3. The molecular weight excluding hydrogens is 420 g/mol. The molecule has 0 bridgehead atoms. The predicted molar refractivity (Wildman–Crippen MR) is 110 cm³/mol. The van der Waals surface area contributed by atoms with Gasteiger partial charge in [-0.1, -0.05) is 24.3 Å². The number of ether oxygens (including phenoxy) is 1. The van der Waals surface area contributed by atoms with E-state index in [1.807, 2.05) is 6.07 Å². The number of benzene rings is 2. The summed E-state index contributed by atoms with van der Waals surface area (Å²) in [5, 5.41) is 20.1. The molecule has 158 valence electrons. The zero-order chi connectivity index (χ0) is 22.6. The van der Waals surface area contributed by atoms with Gasteiger partial charge in [0.2, 0.25) is 9.84 Å². The van der Waals surface area contributed by atoms with Crippen molar-refractivity contribution in [2.75, 3.05) is 6.61 Å². The molecule has 0 unspecified atom stereocenters. The molecule has 0 saturated heterocycles. The molecule has 2 aromatic carbocycles. The average molecular weight is 438 g/mol. The van der Waals surface area contributed by atoms with Gasteiger partial charge in [-0.15, -0.1) is 0 Å². The minimum Gasteiger partial charge on any atom is -0.504 e. The number of aromatic hydroxyl groups is 1. The number of fused-ring (bicyclic) bond motifs is 1. The Hall–Kier alpha value is -3.77. The number of aromatic nitrogens is 1. The number of carbonyl (C=O) groups is 2. The molecule has 1 heterocycles. The number of hydrogen-bond acceptors (Lipinski definition) is 8. The number of rotatable bonds is 7. The third-order valence-electron chi connectivity index (χ3n) is 4.53. The Morgan fingerprint density at radius 2 is 1.81 bits per heavy atom.